The third-order valence-electron chi connectivity index (χ3n) is 2.68. The summed E-state index contributed by atoms with van der Waals surface area (Å²) in [5.74, 6) is -2.30. The number of pyridine rings is 1. The maximum absolute atomic E-state index is 10.7. The summed E-state index contributed by atoms with van der Waals surface area (Å²) in [6.45, 7) is -0.0346. The molecule has 0 unspecified atom stereocenters. The highest BCUT2D eigenvalue weighted by Crippen LogP contribution is 2.30. The number of aryl methyl sites for hydroxylation is 1. The van der Waals surface area contributed by atoms with Gasteiger partial charge < -0.3 is 19.9 Å². The molecule has 9 heteroatoms. The fraction of sp³-hybridized carbons (Fsp3) is 0.417. The molecule has 0 fully saturated rings. The monoisotopic (exact) mass is 313 g/mol. The molecule has 114 valence electrons. The van der Waals surface area contributed by atoms with Crippen LogP contribution in [0.4, 0.5) is 5.69 Å². The number of carboxylic acids is 2. The molecule has 21 heavy (non-hydrogen) atoms. The zero-order valence-corrected chi connectivity index (χ0v) is 12.1. The fourth-order valence-electron chi connectivity index (χ4n) is 1.72. The van der Waals surface area contributed by atoms with E-state index in [1.165, 1.54) is 17.7 Å². The lowest BCUT2D eigenvalue weighted by atomic mass is 10.1. The summed E-state index contributed by atoms with van der Waals surface area (Å²) in [4.78, 5) is 21.3. The van der Waals surface area contributed by atoms with Crippen LogP contribution in [0.5, 0.6) is 5.88 Å². The number of hydrogen-bond acceptors (Lipinski definition) is 6. The van der Waals surface area contributed by atoms with Crippen molar-refractivity contribution < 1.29 is 24.9 Å². The number of aliphatic carboxylic acids is 2. The van der Waals surface area contributed by atoms with E-state index >= 15 is 0 Å². The van der Waals surface area contributed by atoms with Crippen molar-refractivity contribution in [1.82, 2.24) is 4.57 Å². The van der Waals surface area contributed by atoms with Crippen molar-refractivity contribution >= 4 is 29.8 Å². The van der Waals surface area contributed by atoms with E-state index in [1.807, 2.05) is 0 Å². The number of carboxylic acid groups (broad SMARTS) is 2. The van der Waals surface area contributed by atoms with E-state index in [-0.39, 0.29) is 42.0 Å². The second-order valence-electron chi connectivity index (χ2n) is 4.17. The molecular formula is C12H15N3O5S. The Morgan fingerprint density at radius 3 is 2.43 bits per heavy atom. The summed E-state index contributed by atoms with van der Waals surface area (Å²) in [7, 11) is 1.42. The molecule has 0 spiro atoms. The SMILES string of the molecule is C/N=N\c1cc(CCC(=O)O)c(=S)n(CCC(=O)O)c1O. The lowest BCUT2D eigenvalue weighted by Crippen LogP contribution is -2.09. The molecule has 1 aromatic heterocycles. The molecule has 1 rings (SSSR count). The van der Waals surface area contributed by atoms with Gasteiger partial charge in [-0.25, -0.2) is 0 Å². The Balaban J connectivity index is 3.28. The van der Waals surface area contributed by atoms with Crippen LogP contribution < -0.4 is 0 Å². The van der Waals surface area contributed by atoms with Gasteiger partial charge in [0.2, 0.25) is 5.88 Å². The van der Waals surface area contributed by atoms with Crippen molar-refractivity contribution in [3.63, 3.8) is 0 Å². The van der Waals surface area contributed by atoms with Gasteiger partial charge in [-0.3, -0.25) is 9.59 Å². The Bertz CT molecular complexity index is 639. The molecule has 0 saturated carbocycles. The number of hydrogen-bond donors (Lipinski definition) is 3. The topological polar surface area (TPSA) is 124 Å². The Morgan fingerprint density at radius 2 is 1.90 bits per heavy atom. The van der Waals surface area contributed by atoms with Crippen LogP contribution >= 0.6 is 12.2 Å². The highest BCUT2D eigenvalue weighted by Gasteiger charge is 2.13. The molecule has 0 bridgehead atoms. The molecule has 0 radical (unpaired) electrons. The number of rotatable bonds is 7. The highest BCUT2D eigenvalue weighted by molar-refractivity contribution is 7.71. The van der Waals surface area contributed by atoms with Gasteiger partial charge in [0, 0.05) is 20.0 Å². The van der Waals surface area contributed by atoms with E-state index in [0.717, 1.165) is 0 Å². The molecule has 0 aliphatic heterocycles. The Labute approximate surface area is 125 Å². The van der Waals surface area contributed by atoms with Crippen LogP contribution in [-0.4, -0.2) is 38.9 Å². The van der Waals surface area contributed by atoms with Crippen molar-refractivity contribution in [3.05, 3.63) is 16.3 Å². The minimum atomic E-state index is -1.04. The van der Waals surface area contributed by atoms with E-state index in [9.17, 15) is 14.7 Å². The first kappa shape index (κ1) is 16.8. The molecule has 8 nitrogen and oxygen atoms in total. The third-order valence-corrected chi connectivity index (χ3v) is 3.16. The highest BCUT2D eigenvalue weighted by atomic mass is 32.1. The van der Waals surface area contributed by atoms with Crippen LogP contribution in [0.25, 0.3) is 0 Å². The van der Waals surface area contributed by atoms with E-state index < -0.39 is 11.9 Å². The van der Waals surface area contributed by atoms with E-state index in [0.29, 0.717) is 5.56 Å². The molecule has 0 aliphatic rings. The van der Waals surface area contributed by atoms with Crippen LogP contribution in [0.1, 0.15) is 18.4 Å². The van der Waals surface area contributed by atoms with Crippen LogP contribution in [0.2, 0.25) is 0 Å². The predicted molar refractivity (Wildman–Crippen MR) is 75.6 cm³/mol. The van der Waals surface area contributed by atoms with Crippen molar-refractivity contribution in [1.29, 1.82) is 0 Å². The fourth-order valence-corrected chi connectivity index (χ4v) is 2.05. The van der Waals surface area contributed by atoms with E-state index in [2.05, 4.69) is 10.2 Å². The van der Waals surface area contributed by atoms with Crippen LogP contribution in [-0.2, 0) is 22.6 Å². The van der Waals surface area contributed by atoms with Gasteiger partial charge in [0.25, 0.3) is 0 Å². The Kier molecular flexibility index (Phi) is 5.97. The summed E-state index contributed by atoms with van der Waals surface area (Å²) >= 11 is 5.17. The van der Waals surface area contributed by atoms with Crippen LogP contribution in [0.15, 0.2) is 16.3 Å². The predicted octanol–water partition coefficient (Wildman–Crippen LogP) is 2.13. The number of aromatic nitrogens is 1. The summed E-state index contributed by atoms with van der Waals surface area (Å²) in [6.07, 6.45) is -0.198. The number of azo groups is 1. The van der Waals surface area contributed by atoms with Gasteiger partial charge in [0.1, 0.15) is 10.3 Å². The zero-order valence-electron chi connectivity index (χ0n) is 11.3. The normalized spacial score (nSPS) is 10.9. The zero-order chi connectivity index (χ0) is 16.0. The summed E-state index contributed by atoms with van der Waals surface area (Å²) in [5.41, 5.74) is 0.620. The average molecular weight is 313 g/mol. The van der Waals surface area contributed by atoms with Crippen molar-refractivity contribution in [2.45, 2.75) is 25.8 Å². The van der Waals surface area contributed by atoms with Crippen molar-refractivity contribution in [3.8, 4) is 5.88 Å². The smallest absolute Gasteiger partial charge is 0.305 e. The molecule has 1 heterocycles. The van der Waals surface area contributed by atoms with Gasteiger partial charge in [-0.15, -0.1) is 0 Å². The standard InChI is InChI=1S/C12H15N3O5S/c1-13-14-8-6-7(2-3-9(16)17)12(21)15(11(8)20)5-4-10(18)19/h6,20H,2-5H2,1H3,(H,16,17)(H,18,19)/b14-13-. The quantitative estimate of drug-likeness (QED) is 0.523. The Hall–Kier alpha value is -2.29. The summed E-state index contributed by atoms with van der Waals surface area (Å²) < 4.78 is 1.43. The van der Waals surface area contributed by atoms with E-state index in [1.54, 1.807) is 0 Å². The van der Waals surface area contributed by atoms with Gasteiger partial charge in [0.05, 0.1) is 6.42 Å². The minimum Gasteiger partial charge on any atom is -0.493 e. The van der Waals surface area contributed by atoms with Crippen LogP contribution in [0, 0.1) is 4.64 Å². The van der Waals surface area contributed by atoms with E-state index in [4.69, 9.17) is 22.4 Å². The number of aromatic hydroxyl groups is 1. The van der Waals surface area contributed by atoms with Gasteiger partial charge in [-0.1, -0.05) is 12.2 Å². The molecule has 1 aromatic rings. The first-order chi connectivity index (χ1) is 9.86. The average Bonchev–Trinajstić information content (AvgIpc) is 2.40. The second kappa shape index (κ2) is 7.48. The van der Waals surface area contributed by atoms with Gasteiger partial charge in [-0.05, 0) is 18.1 Å². The van der Waals surface area contributed by atoms with Gasteiger partial charge in [0.15, 0.2) is 0 Å². The second-order valence-corrected chi connectivity index (χ2v) is 4.56. The number of nitrogens with zero attached hydrogens (tertiary/aromatic N) is 3. The molecule has 0 saturated heterocycles. The van der Waals surface area contributed by atoms with Crippen LogP contribution in [0.3, 0.4) is 0 Å². The maximum Gasteiger partial charge on any atom is 0.305 e. The molecule has 0 aromatic carbocycles. The van der Waals surface area contributed by atoms with Crippen molar-refractivity contribution in [2.75, 3.05) is 7.05 Å². The largest absolute Gasteiger partial charge is 0.493 e. The maximum atomic E-state index is 10.7. The lowest BCUT2D eigenvalue weighted by molar-refractivity contribution is -0.138. The molecular weight excluding hydrogens is 298 g/mol. The lowest BCUT2D eigenvalue weighted by Gasteiger charge is -2.13. The molecule has 0 amide bonds. The first-order valence-electron chi connectivity index (χ1n) is 6.06. The molecule has 0 atom stereocenters. The molecule has 3 N–H and O–H groups in total. The number of carbonyl (C=O) groups is 2. The third kappa shape index (κ3) is 4.63. The van der Waals surface area contributed by atoms with Crippen molar-refractivity contribution in [2.24, 2.45) is 10.2 Å². The summed E-state index contributed by atoms with van der Waals surface area (Å²) in [5, 5.41) is 34.8. The summed E-state index contributed by atoms with van der Waals surface area (Å²) in [6, 6.07) is 1.46. The Morgan fingerprint density at radius 1 is 1.29 bits per heavy atom. The first-order valence-corrected chi connectivity index (χ1v) is 6.46. The van der Waals surface area contributed by atoms with Gasteiger partial charge in [-0.2, -0.15) is 10.2 Å². The molecule has 0 aliphatic carbocycles. The van der Waals surface area contributed by atoms with Gasteiger partial charge >= 0.3 is 11.9 Å². The minimum absolute atomic E-state index is 0.0346.